The van der Waals surface area contributed by atoms with E-state index in [1.807, 2.05) is 20.8 Å². The lowest BCUT2D eigenvalue weighted by atomic mass is 9.96. The number of hydrogen-bond donors (Lipinski definition) is 3. The van der Waals surface area contributed by atoms with Gasteiger partial charge in [-0.25, -0.2) is 0 Å². The molecule has 0 saturated heterocycles. The van der Waals surface area contributed by atoms with Crippen molar-refractivity contribution in [3.05, 3.63) is 40.4 Å². The number of nitrogens with zero attached hydrogens (tertiary/aromatic N) is 5. The van der Waals surface area contributed by atoms with Gasteiger partial charge in [0.15, 0.2) is 11.4 Å². The first-order valence-electron chi connectivity index (χ1n) is 9.43. The monoisotopic (exact) mass is 397 g/mol. The van der Waals surface area contributed by atoms with Crippen molar-refractivity contribution in [2.24, 2.45) is 5.41 Å². The zero-order valence-corrected chi connectivity index (χ0v) is 16.5. The molecule has 10 nitrogen and oxygen atoms in total. The second kappa shape index (κ2) is 6.87. The third kappa shape index (κ3) is 3.91. The van der Waals surface area contributed by atoms with Crippen LogP contribution in [0, 0.1) is 5.41 Å². The van der Waals surface area contributed by atoms with E-state index in [-0.39, 0.29) is 22.9 Å². The van der Waals surface area contributed by atoms with Gasteiger partial charge in [-0.05, 0) is 24.3 Å². The minimum Gasteiger partial charge on any atom is -0.494 e. The summed E-state index contributed by atoms with van der Waals surface area (Å²) in [6.07, 6.45) is 4.81. The van der Waals surface area contributed by atoms with Gasteiger partial charge in [-0.1, -0.05) is 20.8 Å². The maximum absolute atomic E-state index is 13.0. The Kier molecular flexibility index (Phi) is 4.48. The van der Waals surface area contributed by atoms with E-state index < -0.39 is 11.5 Å². The summed E-state index contributed by atoms with van der Waals surface area (Å²) in [5, 5.41) is 28.5. The quantitative estimate of drug-likeness (QED) is 0.598. The molecule has 0 spiro atoms. The van der Waals surface area contributed by atoms with Crippen LogP contribution in [0.25, 0.3) is 5.65 Å². The SMILES string of the molecule is CC(C)(C)Cn1c(O)c(C(=O)NC2CC2)c(=O)n2nc(Nc3ccnnc3)cc12. The van der Waals surface area contributed by atoms with E-state index in [0.717, 1.165) is 17.4 Å². The Morgan fingerprint density at radius 2 is 2.07 bits per heavy atom. The van der Waals surface area contributed by atoms with Crippen LogP contribution in [0.3, 0.4) is 0 Å². The third-order valence-corrected chi connectivity index (χ3v) is 4.48. The molecule has 10 heteroatoms. The Labute approximate surface area is 166 Å². The van der Waals surface area contributed by atoms with Crippen LogP contribution < -0.4 is 16.2 Å². The molecule has 3 aromatic rings. The molecule has 0 aliphatic heterocycles. The number of anilines is 2. The average Bonchev–Trinajstić information content (AvgIpc) is 3.35. The van der Waals surface area contributed by atoms with Crippen molar-refractivity contribution in [2.75, 3.05) is 5.32 Å². The lowest BCUT2D eigenvalue weighted by molar-refractivity contribution is 0.0944. The van der Waals surface area contributed by atoms with Gasteiger partial charge in [-0.3, -0.25) is 14.2 Å². The molecule has 1 saturated carbocycles. The lowest BCUT2D eigenvalue weighted by Crippen LogP contribution is -2.35. The van der Waals surface area contributed by atoms with E-state index >= 15 is 0 Å². The summed E-state index contributed by atoms with van der Waals surface area (Å²) >= 11 is 0. The fraction of sp³-hybridized carbons (Fsp3) is 0.421. The topological polar surface area (TPSA) is 126 Å². The summed E-state index contributed by atoms with van der Waals surface area (Å²) in [6.45, 7) is 6.39. The molecule has 1 aliphatic carbocycles. The fourth-order valence-electron chi connectivity index (χ4n) is 3.05. The van der Waals surface area contributed by atoms with Gasteiger partial charge in [-0.2, -0.15) is 14.7 Å². The van der Waals surface area contributed by atoms with E-state index in [2.05, 4.69) is 25.9 Å². The molecule has 1 amide bonds. The van der Waals surface area contributed by atoms with E-state index in [4.69, 9.17) is 0 Å². The van der Waals surface area contributed by atoms with Crippen molar-refractivity contribution in [3.63, 3.8) is 0 Å². The molecular formula is C19H23N7O3. The third-order valence-electron chi connectivity index (χ3n) is 4.48. The number of fused-ring (bicyclic) bond motifs is 1. The Bertz CT molecular complexity index is 1120. The zero-order valence-electron chi connectivity index (χ0n) is 16.5. The van der Waals surface area contributed by atoms with Gasteiger partial charge in [0, 0.05) is 18.7 Å². The average molecular weight is 397 g/mol. The normalized spacial score (nSPS) is 14.2. The number of amides is 1. The number of carbonyl (C=O) groups excluding carboxylic acids is 1. The number of hydrogen-bond acceptors (Lipinski definition) is 7. The van der Waals surface area contributed by atoms with Crippen molar-refractivity contribution < 1.29 is 9.90 Å². The largest absolute Gasteiger partial charge is 0.494 e. The molecule has 3 heterocycles. The molecule has 0 aromatic carbocycles. The first kappa shape index (κ1) is 18.9. The molecule has 1 fully saturated rings. The fourth-order valence-corrected chi connectivity index (χ4v) is 3.05. The predicted octanol–water partition coefficient (Wildman–Crippen LogP) is 1.67. The van der Waals surface area contributed by atoms with Gasteiger partial charge < -0.3 is 15.7 Å². The van der Waals surface area contributed by atoms with E-state index in [1.165, 1.54) is 12.4 Å². The number of rotatable bonds is 5. The second-order valence-corrected chi connectivity index (χ2v) is 8.45. The van der Waals surface area contributed by atoms with Crippen LogP contribution in [0.5, 0.6) is 5.88 Å². The van der Waals surface area contributed by atoms with Crippen molar-refractivity contribution in [2.45, 2.75) is 46.2 Å². The van der Waals surface area contributed by atoms with Crippen molar-refractivity contribution in [3.8, 4) is 5.88 Å². The Morgan fingerprint density at radius 1 is 1.31 bits per heavy atom. The zero-order chi connectivity index (χ0) is 20.8. The van der Waals surface area contributed by atoms with Gasteiger partial charge in [0.05, 0.1) is 18.1 Å². The van der Waals surface area contributed by atoms with Crippen molar-refractivity contribution >= 4 is 23.1 Å². The van der Waals surface area contributed by atoms with Crippen LogP contribution in [0.15, 0.2) is 29.3 Å². The molecule has 0 bridgehead atoms. The Hall–Kier alpha value is -3.43. The molecule has 1 aliphatic rings. The van der Waals surface area contributed by atoms with Crippen molar-refractivity contribution in [1.29, 1.82) is 0 Å². The smallest absolute Gasteiger partial charge is 0.291 e. The summed E-state index contributed by atoms with van der Waals surface area (Å²) in [6, 6.07) is 3.42. The van der Waals surface area contributed by atoms with Gasteiger partial charge in [-0.15, -0.1) is 5.10 Å². The molecule has 0 radical (unpaired) electrons. The standard InChI is InChI=1S/C19H23N7O3/c1-19(2,3)10-25-14-8-13(22-12-6-7-20-21-9-12)24-26(14)18(29)15(17(25)28)16(27)23-11-4-5-11/h6-9,11,28H,4-5,10H2,1-3H3,(H,23,27)(H,20,22,24). The molecule has 0 unspecified atom stereocenters. The van der Waals surface area contributed by atoms with Gasteiger partial charge in [0.2, 0.25) is 5.88 Å². The number of nitrogens with one attached hydrogen (secondary N) is 2. The molecule has 3 aromatic heterocycles. The number of aromatic hydroxyl groups is 1. The highest BCUT2D eigenvalue weighted by atomic mass is 16.3. The predicted molar refractivity (Wildman–Crippen MR) is 106 cm³/mol. The minimum atomic E-state index is -0.665. The maximum atomic E-state index is 13.0. The highest BCUT2D eigenvalue weighted by Crippen LogP contribution is 2.27. The summed E-state index contributed by atoms with van der Waals surface area (Å²) in [4.78, 5) is 25.6. The lowest BCUT2D eigenvalue weighted by Gasteiger charge is -2.23. The molecular weight excluding hydrogens is 374 g/mol. The molecule has 0 atom stereocenters. The van der Waals surface area contributed by atoms with Crippen LogP contribution in [-0.2, 0) is 6.54 Å². The highest BCUT2D eigenvalue weighted by molar-refractivity contribution is 5.96. The van der Waals surface area contributed by atoms with Gasteiger partial charge >= 0.3 is 0 Å². The molecule has 4 rings (SSSR count). The summed E-state index contributed by atoms with van der Waals surface area (Å²) in [7, 11) is 0. The maximum Gasteiger partial charge on any atom is 0.291 e. The molecule has 3 N–H and O–H groups in total. The van der Waals surface area contributed by atoms with E-state index in [1.54, 1.807) is 16.7 Å². The number of aromatic nitrogens is 5. The van der Waals surface area contributed by atoms with Crippen LogP contribution in [0.4, 0.5) is 11.5 Å². The summed E-state index contributed by atoms with van der Waals surface area (Å²) in [5.74, 6) is -0.549. The number of carbonyl (C=O) groups is 1. The van der Waals surface area contributed by atoms with Crippen molar-refractivity contribution in [1.82, 2.24) is 29.7 Å². The van der Waals surface area contributed by atoms with Gasteiger partial charge in [0.1, 0.15) is 5.65 Å². The molecule has 152 valence electrons. The summed E-state index contributed by atoms with van der Waals surface area (Å²) < 4.78 is 2.69. The first-order valence-corrected chi connectivity index (χ1v) is 9.43. The van der Waals surface area contributed by atoms with Crippen LogP contribution in [-0.4, -0.2) is 41.4 Å². The summed E-state index contributed by atoms with van der Waals surface area (Å²) in [5.41, 5.74) is -0.149. The van der Waals surface area contributed by atoms with Crippen LogP contribution in [0.1, 0.15) is 44.0 Å². The van der Waals surface area contributed by atoms with E-state index in [0.29, 0.717) is 23.7 Å². The molecule has 29 heavy (non-hydrogen) atoms. The first-order chi connectivity index (χ1) is 13.7. The van der Waals surface area contributed by atoms with Gasteiger partial charge in [0.25, 0.3) is 11.5 Å². The Morgan fingerprint density at radius 3 is 2.69 bits per heavy atom. The highest BCUT2D eigenvalue weighted by Gasteiger charge is 2.30. The van der Waals surface area contributed by atoms with Crippen LogP contribution in [0.2, 0.25) is 0 Å². The Balaban J connectivity index is 1.85. The van der Waals surface area contributed by atoms with Crippen LogP contribution >= 0.6 is 0 Å². The minimum absolute atomic E-state index is 0.0575. The second-order valence-electron chi connectivity index (χ2n) is 8.45. The van der Waals surface area contributed by atoms with E-state index in [9.17, 15) is 14.7 Å².